The lowest BCUT2D eigenvalue weighted by atomic mass is 10.1. The van der Waals surface area contributed by atoms with E-state index in [9.17, 15) is 9.59 Å². The van der Waals surface area contributed by atoms with E-state index in [1.54, 1.807) is 0 Å². The predicted octanol–water partition coefficient (Wildman–Crippen LogP) is 2.07. The third-order valence-electron chi connectivity index (χ3n) is 3.19. The zero-order valence-electron chi connectivity index (χ0n) is 10.9. The Morgan fingerprint density at radius 3 is 2.53 bits per heavy atom. The standard InChI is InChI=1S/C14H16N2O3/c1-3-16(4-2)10-6-5-9-7-11(14(18)19)13(17)15-12(9)8-10/h5-8H,3-4H2,1-2H3,(H,15,17)(H,18,19). The van der Waals surface area contributed by atoms with E-state index >= 15 is 0 Å². The first-order valence-corrected chi connectivity index (χ1v) is 6.22. The second-order valence-electron chi connectivity index (χ2n) is 4.26. The maximum Gasteiger partial charge on any atom is 0.341 e. The van der Waals surface area contributed by atoms with Gasteiger partial charge in [-0.05, 0) is 37.4 Å². The number of carbonyl (C=O) groups is 1. The van der Waals surface area contributed by atoms with Crippen LogP contribution in [-0.4, -0.2) is 29.1 Å². The number of carboxylic acids is 1. The minimum atomic E-state index is -1.21. The predicted molar refractivity (Wildman–Crippen MR) is 75.1 cm³/mol. The molecule has 0 aliphatic carbocycles. The monoisotopic (exact) mass is 260 g/mol. The molecule has 0 radical (unpaired) electrons. The number of carboxylic acid groups (broad SMARTS) is 1. The lowest BCUT2D eigenvalue weighted by Crippen LogP contribution is -2.22. The summed E-state index contributed by atoms with van der Waals surface area (Å²) in [6.45, 7) is 5.87. The first-order chi connectivity index (χ1) is 9.06. The number of anilines is 1. The van der Waals surface area contributed by atoms with Crippen molar-refractivity contribution in [3.05, 3.63) is 40.2 Å². The highest BCUT2D eigenvalue weighted by Gasteiger charge is 2.11. The number of aromatic amines is 1. The minimum absolute atomic E-state index is 0.233. The zero-order valence-corrected chi connectivity index (χ0v) is 10.9. The summed E-state index contributed by atoms with van der Waals surface area (Å²) >= 11 is 0. The number of hydrogen-bond donors (Lipinski definition) is 2. The molecule has 19 heavy (non-hydrogen) atoms. The molecule has 2 aromatic rings. The van der Waals surface area contributed by atoms with E-state index in [0.29, 0.717) is 10.9 Å². The van der Waals surface area contributed by atoms with Gasteiger partial charge in [-0.25, -0.2) is 4.79 Å². The Labute approximate surface area is 110 Å². The molecule has 1 aromatic heterocycles. The fourth-order valence-electron chi connectivity index (χ4n) is 2.13. The number of hydrogen-bond acceptors (Lipinski definition) is 3. The van der Waals surface area contributed by atoms with Crippen molar-refractivity contribution in [2.24, 2.45) is 0 Å². The minimum Gasteiger partial charge on any atom is -0.477 e. The Morgan fingerprint density at radius 2 is 1.95 bits per heavy atom. The number of nitrogens with one attached hydrogen (secondary N) is 1. The van der Waals surface area contributed by atoms with Crippen LogP contribution >= 0.6 is 0 Å². The molecule has 0 unspecified atom stereocenters. The summed E-state index contributed by atoms with van der Waals surface area (Å²) in [5, 5.41) is 9.63. The molecule has 0 bridgehead atoms. The van der Waals surface area contributed by atoms with Crippen LogP contribution in [0, 0.1) is 0 Å². The summed E-state index contributed by atoms with van der Waals surface area (Å²) in [7, 11) is 0. The maximum absolute atomic E-state index is 11.6. The zero-order chi connectivity index (χ0) is 14.0. The van der Waals surface area contributed by atoms with Crippen LogP contribution in [-0.2, 0) is 0 Å². The van der Waals surface area contributed by atoms with Gasteiger partial charge in [0, 0.05) is 18.8 Å². The van der Waals surface area contributed by atoms with Gasteiger partial charge < -0.3 is 15.0 Å². The highest BCUT2D eigenvalue weighted by atomic mass is 16.4. The summed E-state index contributed by atoms with van der Waals surface area (Å²) in [5.74, 6) is -1.21. The molecule has 0 aliphatic rings. The number of pyridine rings is 1. The number of fused-ring (bicyclic) bond motifs is 1. The first-order valence-electron chi connectivity index (χ1n) is 6.22. The van der Waals surface area contributed by atoms with Crippen LogP contribution in [0.3, 0.4) is 0 Å². The van der Waals surface area contributed by atoms with E-state index in [1.807, 2.05) is 18.2 Å². The number of nitrogens with zero attached hydrogens (tertiary/aromatic N) is 1. The van der Waals surface area contributed by atoms with Crippen molar-refractivity contribution < 1.29 is 9.90 Å². The Morgan fingerprint density at radius 1 is 1.26 bits per heavy atom. The van der Waals surface area contributed by atoms with Crippen LogP contribution in [0.5, 0.6) is 0 Å². The fourth-order valence-corrected chi connectivity index (χ4v) is 2.13. The van der Waals surface area contributed by atoms with Crippen molar-refractivity contribution in [3.8, 4) is 0 Å². The molecular formula is C14H16N2O3. The molecule has 0 fully saturated rings. The lowest BCUT2D eigenvalue weighted by Gasteiger charge is -2.21. The lowest BCUT2D eigenvalue weighted by molar-refractivity contribution is 0.0695. The number of H-pyrrole nitrogens is 1. The average Bonchev–Trinajstić information content (AvgIpc) is 2.38. The van der Waals surface area contributed by atoms with E-state index < -0.39 is 11.5 Å². The molecule has 1 heterocycles. The molecule has 2 N–H and O–H groups in total. The van der Waals surface area contributed by atoms with E-state index in [0.717, 1.165) is 18.8 Å². The van der Waals surface area contributed by atoms with Crippen molar-refractivity contribution in [1.29, 1.82) is 0 Å². The van der Waals surface area contributed by atoms with Crippen LogP contribution in [0.4, 0.5) is 5.69 Å². The molecule has 0 aliphatic heterocycles. The summed E-state index contributed by atoms with van der Waals surface area (Å²) in [6.07, 6.45) is 0. The van der Waals surface area contributed by atoms with Gasteiger partial charge >= 0.3 is 5.97 Å². The molecule has 0 amide bonds. The maximum atomic E-state index is 11.6. The van der Waals surface area contributed by atoms with Gasteiger partial charge in [-0.15, -0.1) is 0 Å². The van der Waals surface area contributed by atoms with Crippen LogP contribution in [0.2, 0.25) is 0 Å². The number of rotatable bonds is 4. The van der Waals surface area contributed by atoms with E-state index in [2.05, 4.69) is 23.7 Å². The Bertz CT molecular complexity index is 672. The van der Waals surface area contributed by atoms with Gasteiger partial charge in [0.2, 0.25) is 0 Å². The molecule has 0 saturated carbocycles. The third-order valence-corrected chi connectivity index (χ3v) is 3.19. The highest BCUT2D eigenvalue weighted by molar-refractivity contribution is 5.93. The van der Waals surface area contributed by atoms with Crippen molar-refractivity contribution in [1.82, 2.24) is 4.98 Å². The largest absolute Gasteiger partial charge is 0.477 e. The molecule has 5 nitrogen and oxygen atoms in total. The van der Waals surface area contributed by atoms with E-state index in [-0.39, 0.29) is 5.56 Å². The molecule has 100 valence electrons. The summed E-state index contributed by atoms with van der Waals surface area (Å²) in [4.78, 5) is 27.3. The molecular weight excluding hydrogens is 244 g/mol. The molecule has 2 rings (SSSR count). The quantitative estimate of drug-likeness (QED) is 0.882. The van der Waals surface area contributed by atoms with Crippen LogP contribution in [0.25, 0.3) is 10.9 Å². The van der Waals surface area contributed by atoms with E-state index in [4.69, 9.17) is 5.11 Å². The van der Waals surface area contributed by atoms with Gasteiger partial charge in [0.05, 0.1) is 5.52 Å². The molecule has 0 saturated heterocycles. The van der Waals surface area contributed by atoms with Crippen LogP contribution in [0.1, 0.15) is 24.2 Å². The Kier molecular flexibility index (Phi) is 3.55. The Balaban J connectivity index is 2.59. The van der Waals surface area contributed by atoms with Gasteiger partial charge in [0.1, 0.15) is 5.56 Å². The van der Waals surface area contributed by atoms with Crippen molar-refractivity contribution >= 4 is 22.6 Å². The molecule has 0 spiro atoms. The summed E-state index contributed by atoms with van der Waals surface area (Å²) < 4.78 is 0. The Hall–Kier alpha value is -2.30. The van der Waals surface area contributed by atoms with Crippen LogP contribution in [0.15, 0.2) is 29.1 Å². The molecule has 1 aromatic carbocycles. The topological polar surface area (TPSA) is 73.4 Å². The average molecular weight is 260 g/mol. The molecule has 0 atom stereocenters. The molecule has 5 heteroatoms. The number of benzene rings is 1. The van der Waals surface area contributed by atoms with Gasteiger partial charge in [-0.2, -0.15) is 0 Å². The van der Waals surface area contributed by atoms with Gasteiger partial charge in [-0.3, -0.25) is 4.79 Å². The SMILES string of the molecule is CCN(CC)c1ccc2cc(C(=O)O)c(=O)[nH]c2c1. The second-order valence-corrected chi connectivity index (χ2v) is 4.26. The van der Waals surface area contributed by atoms with Crippen molar-refractivity contribution in [3.63, 3.8) is 0 Å². The van der Waals surface area contributed by atoms with E-state index in [1.165, 1.54) is 6.07 Å². The van der Waals surface area contributed by atoms with Gasteiger partial charge in [0.25, 0.3) is 5.56 Å². The van der Waals surface area contributed by atoms with Crippen molar-refractivity contribution in [2.45, 2.75) is 13.8 Å². The second kappa shape index (κ2) is 5.14. The number of aromatic nitrogens is 1. The van der Waals surface area contributed by atoms with Gasteiger partial charge in [-0.1, -0.05) is 6.07 Å². The highest BCUT2D eigenvalue weighted by Crippen LogP contribution is 2.20. The van der Waals surface area contributed by atoms with Crippen LogP contribution < -0.4 is 10.5 Å². The number of aromatic carboxylic acids is 1. The normalized spacial score (nSPS) is 10.6. The summed E-state index contributed by atoms with van der Waals surface area (Å²) in [5.41, 5.74) is 0.857. The fraction of sp³-hybridized carbons (Fsp3) is 0.286. The smallest absolute Gasteiger partial charge is 0.341 e. The first kappa shape index (κ1) is 13.1. The van der Waals surface area contributed by atoms with Crippen molar-refractivity contribution in [2.75, 3.05) is 18.0 Å². The summed E-state index contributed by atoms with van der Waals surface area (Å²) in [6, 6.07) is 7.03. The third kappa shape index (κ3) is 2.45. The van der Waals surface area contributed by atoms with Gasteiger partial charge in [0.15, 0.2) is 0 Å².